The Labute approximate surface area is 184 Å². The Hall–Kier alpha value is -3.46. The first kappa shape index (κ1) is 21.8. The fourth-order valence-corrected chi connectivity index (χ4v) is 4.14. The molecule has 9 heteroatoms. The summed E-state index contributed by atoms with van der Waals surface area (Å²) in [7, 11) is 1.34. The van der Waals surface area contributed by atoms with E-state index in [1.54, 1.807) is 17.0 Å². The van der Waals surface area contributed by atoms with Crippen molar-refractivity contribution in [3.63, 3.8) is 0 Å². The molecule has 0 saturated carbocycles. The number of carbonyl (C=O) groups is 1. The summed E-state index contributed by atoms with van der Waals surface area (Å²) >= 11 is 0. The van der Waals surface area contributed by atoms with Gasteiger partial charge in [0.2, 0.25) is 5.75 Å². The average Bonchev–Trinajstić information content (AvgIpc) is 3.19. The standard InChI is InChI=1S/C23H24FN3O5/c1-14-12-26(15(2)11-25(14)13-16-4-6-18(24)7-5-16)23(28)22-9-17-8-19(27(29)30)21(31-3)10-20(17)32-22/h4-10,14-15H,11-13H2,1-3H3/t14-,15+/m1/s1. The van der Waals surface area contributed by atoms with Crippen molar-refractivity contribution in [1.29, 1.82) is 0 Å². The van der Waals surface area contributed by atoms with E-state index in [2.05, 4.69) is 4.90 Å². The van der Waals surface area contributed by atoms with Crippen LogP contribution in [0.2, 0.25) is 0 Å². The van der Waals surface area contributed by atoms with E-state index in [0.717, 1.165) is 5.56 Å². The zero-order valence-electron chi connectivity index (χ0n) is 18.1. The Morgan fingerprint density at radius 3 is 2.56 bits per heavy atom. The van der Waals surface area contributed by atoms with Crippen molar-refractivity contribution in [1.82, 2.24) is 9.80 Å². The van der Waals surface area contributed by atoms with Crippen LogP contribution in [0.1, 0.15) is 30.0 Å². The van der Waals surface area contributed by atoms with Crippen molar-refractivity contribution in [3.8, 4) is 5.75 Å². The van der Waals surface area contributed by atoms with Gasteiger partial charge in [-0.15, -0.1) is 0 Å². The van der Waals surface area contributed by atoms with Crippen LogP contribution in [0.15, 0.2) is 46.9 Å². The average molecular weight is 441 g/mol. The van der Waals surface area contributed by atoms with Crippen molar-refractivity contribution < 1.29 is 23.3 Å². The number of furan rings is 1. The maximum Gasteiger partial charge on any atom is 0.311 e. The molecule has 1 amide bonds. The molecule has 2 aromatic carbocycles. The van der Waals surface area contributed by atoms with Crippen molar-refractivity contribution in [2.24, 2.45) is 0 Å². The molecule has 2 heterocycles. The zero-order valence-corrected chi connectivity index (χ0v) is 18.1. The summed E-state index contributed by atoms with van der Waals surface area (Å²) in [5, 5.41) is 11.7. The number of hydrogen-bond acceptors (Lipinski definition) is 6. The summed E-state index contributed by atoms with van der Waals surface area (Å²) in [5.41, 5.74) is 1.18. The van der Waals surface area contributed by atoms with Gasteiger partial charge >= 0.3 is 5.69 Å². The number of piperazine rings is 1. The molecule has 32 heavy (non-hydrogen) atoms. The number of ether oxygens (including phenoxy) is 1. The van der Waals surface area contributed by atoms with Gasteiger partial charge in [-0.3, -0.25) is 19.8 Å². The highest BCUT2D eigenvalue weighted by Gasteiger charge is 2.34. The number of carbonyl (C=O) groups excluding carboxylic acids is 1. The third-order valence-corrected chi connectivity index (χ3v) is 5.90. The maximum atomic E-state index is 13.2. The van der Waals surface area contributed by atoms with Gasteiger partial charge in [-0.05, 0) is 37.6 Å². The number of hydrogen-bond donors (Lipinski definition) is 0. The van der Waals surface area contributed by atoms with Gasteiger partial charge in [-0.25, -0.2) is 4.39 Å². The number of methoxy groups -OCH3 is 1. The predicted molar refractivity (Wildman–Crippen MR) is 116 cm³/mol. The molecule has 1 fully saturated rings. The number of benzene rings is 2. The number of halogens is 1. The molecule has 1 aliphatic heterocycles. The fourth-order valence-electron chi connectivity index (χ4n) is 4.14. The monoisotopic (exact) mass is 441 g/mol. The third-order valence-electron chi connectivity index (χ3n) is 5.90. The molecular formula is C23H24FN3O5. The molecule has 168 valence electrons. The minimum Gasteiger partial charge on any atom is -0.490 e. The van der Waals surface area contributed by atoms with Crippen LogP contribution >= 0.6 is 0 Å². The molecular weight excluding hydrogens is 417 g/mol. The number of rotatable bonds is 5. The second kappa shape index (κ2) is 8.58. The Kier molecular flexibility index (Phi) is 5.84. The lowest BCUT2D eigenvalue weighted by atomic mass is 10.1. The number of amides is 1. The third kappa shape index (κ3) is 4.16. The van der Waals surface area contributed by atoms with E-state index in [-0.39, 0.29) is 41.0 Å². The van der Waals surface area contributed by atoms with Gasteiger partial charge in [0.05, 0.1) is 12.0 Å². The van der Waals surface area contributed by atoms with Gasteiger partial charge < -0.3 is 14.1 Å². The van der Waals surface area contributed by atoms with Gasteiger partial charge in [0.25, 0.3) is 5.91 Å². The lowest BCUT2D eigenvalue weighted by Gasteiger charge is -2.43. The second-order valence-electron chi connectivity index (χ2n) is 8.14. The van der Waals surface area contributed by atoms with Crippen LogP contribution in [-0.2, 0) is 6.54 Å². The van der Waals surface area contributed by atoms with E-state index in [1.807, 2.05) is 13.8 Å². The summed E-state index contributed by atoms with van der Waals surface area (Å²) in [6, 6.07) is 10.8. The highest BCUT2D eigenvalue weighted by Crippen LogP contribution is 2.34. The van der Waals surface area contributed by atoms with Crippen LogP contribution in [0.3, 0.4) is 0 Å². The van der Waals surface area contributed by atoms with Crippen molar-refractivity contribution in [2.75, 3.05) is 20.2 Å². The molecule has 0 N–H and O–H groups in total. The Morgan fingerprint density at radius 2 is 1.91 bits per heavy atom. The molecule has 0 bridgehead atoms. The van der Waals surface area contributed by atoms with E-state index in [1.165, 1.54) is 37.4 Å². The maximum absolute atomic E-state index is 13.2. The number of nitrogens with zero attached hydrogens (tertiary/aromatic N) is 3. The van der Waals surface area contributed by atoms with Gasteiger partial charge in [-0.1, -0.05) is 12.1 Å². The van der Waals surface area contributed by atoms with Crippen molar-refractivity contribution in [3.05, 3.63) is 69.7 Å². The van der Waals surface area contributed by atoms with Gasteiger partial charge in [-0.2, -0.15) is 0 Å². The first-order valence-corrected chi connectivity index (χ1v) is 10.3. The van der Waals surface area contributed by atoms with Crippen LogP contribution in [0.4, 0.5) is 10.1 Å². The van der Waals surface area contributed by atoms with Gasteiger partial charge in [0.15, 0.2) is 5.76 Å². The van der Waals surface area contributed by atoms with Gasteiger partial charge in [0, 0.05) is 49.2 Å². The normalized spacial score (nSPS) is 19.3. The SMILES string of the molecule is COc1cc2oc(C(=O)N3C[C@@H](C)N(Cc4ccc(F)cc4)C[C@@H]3C)cc2cc1[N+](=O)[O-]. The van der Waals surface area contributed by atoms with Gasteiger partial charge in [0.1, 0.15) is 11.4 Å². The van der Waals surface area contributed by atoms with Crippen LogP contribution in [0.25, 0.3) is 11.0 Å². The molecule has 4 rings (SSSR count). The number of nitro groups is 1. The summed E-state index contributed by atoms with van der Waals surface area (Å²) in [6.07, 6.45) is 0. The smallest absolute Gasteiger partial charge is 0.311 e. The minimum atomic E-state index is -0.531. The first-order chi connectivity index (χ1) is 15.3. The van der Waals surface area contributed by atoms with E-state index >= 15 is 0 Å². The lowest BCUT2D eigenvalue weighted by molar-refractivity contribution is -0.385. The molecule has 0 aliphatic carbocycles. The first-order valence-electron chi connectivity index (χ1n) is 10.3. The molecule has 1 aromatic heterocycles. The van der Waals surface area contributed by atoms with Crippen LogP contribution in [0.5, 0.6) is 5.75 Å². The number of nitro benzene ring substituents is 1. The van der Waals surface area contributed by atoms with E-state index in [0.29, 0.717) is 30.6 Å². The molecule has 2 atom stereocenters. The molecule has 1 saturated heterocycles. The molecule has 1 aliphatic rings. The fraction of sp³-hybridized carbons (Fsp3) is 0.348. The second-order valence-corrected chi connectivity index (χ2v) is 8.14. The molecule has 0 spiro atoms. The predicted octanol–water partition coefficient (Wildman–Crippen LogP) is 4.22. The number of fused-ring (bicyclic) bond motifs is 1. The quantitative estimate of drug-likeness (QED) is 0.435. The summed E-state index contributed by atoms with van der Waals surface area (Å²) in [5.74, 6) is -0.316. The van der Waals surface area contributed by atoms with E-state index < -0.39 is 4.92 Å². The molecule has 3 aromatic rings. The summed E-state index contributed by atoms with van der Waals surface area (Å²) < 4.78 is 24.0. The minimum absolute atomic E-state index is 0.0729. The van der Waals surface area contributed by atoms with E-state index in [4.69, 9.17) is 9.15 Å². The Morgan fingerprint density at radius 1 is 1.19 bits per heavy atom. The topological polar surface area (TPSA) is 89.1 Å². The van der Waals surface area contributed by atoms with Crippen molar-refractivity contribution >= 4 is 22.6 Å². The molecule has 0 radical (unpaired) electrons. The lowest BCUT2D eigenvalue weighted by Crippen LogP contribution is -2.57. The molecule has 0 unspecified atom stereocenters. The largest absolute Gasteiger partial charge is 0.490 e. The molecule has 8 nitrogen and oxygen atoms in total. The van der Waals surface area contributed by atoms with E-state index in [9.17, 15) is 19.3 Å². The Balaban J connectivity index is 1.52. The summed E-state index contributed by atoms with van der Waals surface area (Å²) in [6.45, 7) is 5.84. The highest BCUT2D eigenvalue weighted by molar-refractivity contribution is 5.97. The highest BCUT2D eigenvalue weighted by atomic mass is 19.1. The van der Waals surface area contributed by atoms with Crippen LogP contribution < -0.4 is 4.74 Å². The van der Waals surface area contributed by atoms with Crippen molar-refractivity contribution in [2.45, 2.75) is 32.5 Å². The summed E-state index contributed by atoms with van der Waals surface area (Å²) in [4.78, 5) is 28.0. The van der Waals surface area contributed by atoms with Crippen LogP contribution in [-0.4, -0.2) is 52.9 Å². The van der Waals surface area contributed by atoms with Crippen LogP contribution in [0, 0.1) is 15.9 Å². The Bertz CT molecular complexity index is 1160. The zero-order chi connectivity index (χ0) is 23.0.